The summed E-state index contributed by atoms with van der Waals surface area (Å²) in [5, 5.41) is 9.71. The third-order valence-electron chi connectivity index (χ3n) is 8.33. The molecule has 3 heterocycles. The highest BCUT2D eigenvalue weighted by molar-refractivity contribution is 6.08. The lowest BCUT2D eigenvalue weighted by Gasteiger charge is -2.37. The smallest absolute Gasteiger partial charge is 0.416 e. The van der Waals surface area contributed by atoms with E-state index in [0.29, 0.717) is 45.2 Å². The Kier molecular flexibility index (Phi) is 9.26. The monoisotopic (exact) mass is 657 g/mol. The number of nitrogens with zero attached hydrogens (tertiary/aromatic N) is 6. The molecule has 248 valence electrons. The van der Waals surface area contributed by atoms with Crippen molar-refractivity contribution in [1.29, 1.82) is 0 Å². The summed E-state index contributed by atoms with van der Waals surface area (Å²) in [6.45, 7) is 1.75. The number of likely N-dealkylation sites (tertiary alicyclic amines) is 1. The van der Waals surface area contributed by atoms with Gasteiger partial charge in [0.15, 0.2) is 5.82 Å². The van der Waals surface area contributed by atoms with Crippen molar-refractivity contribution in [2.24, 2.45) is 0 Å². The van der Waals surface area contributed by atoms with Crippen LogP contribution in [0, 0.1) is 0 Å². The molecule has 0 aliphatic carbocycles. The van der Waals surface area contributed by atoms with Gasteiger partial charge in [0.1, 0.15) is 12.1 Å². The van der Waals surface area contributed by atoms with E-state index in [9.17, 15) is 18.0 Å². The molecule has 1 saturated heterocycles. The third-order valence-corrected chi connectivity index (χ3v) is 8.33. The average Bonchev–Trinajstić information content (AvgIpc) is 3.09. The zero-order valence-electron chi connectivity index (χ0n) is 26.5. The molecule has 6 rings (SSSR count). The van der Waals surface area contributed by atoms with Gasteiger partial charge in [-0.15, -0.1) is 0 Å². The lowest BCUT2D eigenvalue weighted by molar-refractivity contribution is -0.137. The maximum Gasteiger partial charge on any atom is 0.416 e. The molecule has 3 N–H and O–H groups in total. The first kappa shape index (κ1) is 32.4. The summed E-state index contributed by atoms with van der Waals surface area (Å²) in [6, 6.07) is 17.0. The number of amides is 2. The average molecular weight is 658 g/mol. The minimum Gasteiger partial charge on any atom is -0.438 e. The number of fused-ring (bicyclic) bond motifs is 1. The summed E-state index contributed by atoms with van der Waals surface area (Å²) in [5.74, 6) is 1.48. The minimum atomic E-state index is -4.57. The first-order valence-corrected chi connectivity index (χ1v) is 15.3. The number of alkyl halides is 3. The van der Waals surface area contributed by atoms with E-state index in [4.69, 9.17) is 4.74 Å². The Morgan fingerprint density at radius 2 is 1.69 bits per heavy atom. The molecular weight excluding hydrogens is 623 g/mol. The first-order chi connectivity index (χ1) is 23.1. The van der Waals surface area contributed by atoms with Crippen LogP contribution < -0.4 is 25.6 Å². The van der Waals surface area contributed by atoms with E-state index < -0.39 is 17.8 Å². The van der Waals surface area contributed by atoms with E-state index in [1.807, 2.05) is 43.3 Å². The van der Waals surface area contributed by atoms with E-state index in [-0.39, 0.29) is 17.6 Å². The fourth-order valence-corrected chi connectivity index (χ4v) is 5.74. The van der Waals surface area contributed by atoms with Crippen molar-refractivity contribution in [3.63, 3.8) is 0 Å². The second-order valence-electron chi connectivity index (χ2n) is 11.5. The number of nitrogens with one attached hydrogen (secondary N) is 3. The molecule has 1 fully saturated rings. The van der Waals surface area contributed by atoms with E-state index in [2.05, 4.69) is 40.8 Å². The van der Waals surface area contributed by atoms with Crippen molar-refractivity contribution in [2.75, 3.05) is 55.1 Å². The number of pyridine rings is 1. The van der Waals surface area contributed by atoms with Gasteiger partial charge in [0.2, 0.25) is 11.8 Å². The lowest BCUT2D eigenvalue weighted by atomic mass is 10.0. The van der Waals surface area contributed by atoms with Gasteiger partial charge in [-0.25, -0.2) is 19.7 Å². The number of hydrogen-bond acceptors (Lipinski definition) is 9. The lowest BCUT2D eigenvalue weighted by Crippen LogP contribution is -2.42. The fourth-order valence-electron chi connectivity index (χ4n) is 5.74. The molecule has 0 spiro atoms. The highest BCUT2D eigenvalue weighted by atomic mass is 19.4. The zero-order valence-corrected chi connectivity index (χ0v) is 26.5. The molecular formula is C34H34F3N9O2. The van der Waals surface area contributed by atoms with Crippen molar-refractivity contribution < 1.29 is 22.7 Å². The summed E-state index contributed by atoms with van der Waals surface area (Å²) >= 11 is 0. The number of anilines is 4. The SMILES string of the molecule is CNc1ncnc(-c2cccnc2Oc2ccc(NC(=O)Nc3cc(C(F)(F)F)ccc3N(C)C3CCN(C)CC3)c3ccccc23)n1. The van der Waals surface area contributed by atoms with Gasteiger partial charge in [-0.3, -0.25) is 0 Å². The highest BCUT2D eigenvalue weighted by Gasteiger charge is 2.32. The second kappa shape index (κ2) is 13.7. The van der Waals surface area contributed by atoms with E-state index >= 15 is 0 Å². The summed E-state index contributed by atoms with van der Waals surface area (Å²) in [7, 11) is 5.59. The Labute approximate surface area is 275 Å². The maximum absolute atomic E-state index is 13.7. The molecule has 0 atom stereocenters. The predicted molar refractivity (Wildman–Crippen MR) is 180 cm³/mol. The van der Waals surface area contributed by atoms with Crippen LogP contribution in [0.4, 0.5) is 41.0 Å². The second-order valence-corrected chi connectivity index (χ2v) is 11.5. The summed E-state index contributed by atoms with van der Waals surface area (Å²) in [5.41, 5.74) is 0.704. The van der Waals surface area contributed by atoms with Crippen molar-refractivity contribution in [1.82, 2.24) is 24.8 Å². The molecule has 2 aromatic heterocycles. The molecule has 5 aromatic rings. The van der Waals surface area contributed by atoms with Crippen LogP contribution >= 0.6 is 0 Å². The number of aromatic nitrogens is 4. The van der Waals surface area contributed by atoms with E-state index in [1.54, 1.807) is 37.5 Å². The normalized spacial score (nSPS) is 14.0. The van der Waals surface area contributed by atoms with Gasteiger partial charge in [0, 0.05) is 37.1 Å². The molecule has 11 nitrogen and oxygen atoms in total. The fraction of sp³-hybridized carbons (Fsp3) is 0.265. The van der Waals surface area contributed by atoms with Crippen LogP contribution in [0.2, 0.25) is 0 Å². The van der Waals surface area contributed by atoms with Gasteiger partial charge >= 0.3 is 12.2 Å². The molecule has 0 radical (unpaired) electrons. The Balaban J connectivity index is 1.27. The topological polar surface area (TPSA) is 120 Å². The van der Waals surface area contributed by atoms with E-state index in [0.717, 1.165) is 38.1 Å². The van der Waals surface area contributed by atoms with Gasteiger partial charge in [0.25, 0.3) is 0 Å². The third kappa shape index (κ3) is 7.08. The number of hydrogen-bond donors (Lipinski definition) is 3. The molecule has 1 aliphatic heterocycles. The quantitative estimate of drug-likeness (QED) is 0.160. The number of ether oxygens (including phenoxy) is 1. The van der Waals surface area contributed by atoms with Gasteiger partial charge in [0.05, 0.1) is 28.2 Å². The number of halogens is 3. The Morgan fingerprint density at radius 3 is 2.44 bits per heavy atom. The number of piperidine rings is 1. The molecule has 3 aromatic carbocycles. The summed E-state index contributed by atoms with van der Waals surface area (Å²) in [4.78, 5) is 34.7. The van der Waals surface area contributed by atoms with Crippen LogP contribution in [-0.4, -0.2) is 71.1 Å². The Bertz CT molecular complexity index is 1930. The minimum absolute atomic E-state index is 0.0652. The molecule has 0 bridgehead atoms. The number of carbonyl (C=O) groups excluding carboxylic acids is 1. The Morgan fingerprint density at radius 1 is 0.938 bits per heavy atom. The van der Waals surface area contributed by atoms with Crippen LogP contribution in [0.1, 0.15) is 18.4 Å². The Hall–Kier alpha value is -5.50. The molecule has 2 amide bonds. The van der Waals surface area contributed by atoms with Crippen LogP contribution in [-0.2, 0) is 6.18 Å². The van der Waals surface area contributed by atoms with Crippen LogP contribution in [0.3, 0.4) is 0 Å². The molecule has 48 heavy (non-hydrogen) atoms. The number of carbonyl (C=O) groups is 1. The van der Waals surface area contributed by atoms with Gasteiger partial charge in [-0.1, -0.05) is 24.3 Å². The molecule has 1 aliphatic rings. The molecule has 0 saturated carbocycles. The van der Waals surface area contributed by atoms with Gasteiger partial charge in [-0.2, -0.15) is 18.2 Å². The maximum atomic E-state index is 13.7. The van der Waals surface area contributed by atoms with Crippen LogP contribution in [0.15, 0.2) is 79.3 Å². The highest BCUT2D eigenvalue weighted by Crippen LogP contribution is 2.38. The molecule has 14 heteroatoms. The van der Waals surface area contributed by atoms with Gasteiger partial charge < -0.3 is 30.5 Å². The van der Waals surface area contributed by atoms with Gasteiger partial charge in [-0.05, 0) is 75.4 Å². The van der Waals surface area contributed by atoms with Crippen molar-refractivity contribution in [3.05, 3.63) is 84.8 Å². The summed E-state index contributed by atoms with van der Waals surface area (Å²) < 4.78 is 47.5. The first-order valence-electron chi connectivity index (χ1n) is 15.3. The molecule has 0 unspecified atom stereocenters. The van der Waals surface area contributed by atoms with Crippen LogP contribution in [0.25, 0.3) is 22.2 Å². The van der Waals surface area contributed by atoms with Crippen molar-refractivity contribution >= 4 is 39.8 Å². The standard InChI is InChI=1S/C34H34F3N9O2/c1-38-32-41-20-40-30(44-32)25-9-6-16-39-31(25)48-29-13-11-26(23-7-4-5-8-24(23)29)42-33(47)43-27-19-21(34(35,36)37)10-12-28(27)46(3)22-14-17-45(2)18-15-22/h4-13,16,19-20,22H,14-15,17-18H2,1-3H3,(H2,42,43,47)(H,38,40,41,44). The van der Waals surface area contributed by atoms with E-state index in [1.165, 1.54) is 12.4 Å². The number of rotatable bonds is 8. The summed E-state index contributed by atoms with van der Waals surface area (Å²) in [6.07, 6.45) is 0.115. The van der Waals surface area contributed by atoms with Crippen molar-refractivity contribution in [3.8, 4) is 23.0 Å². The largest absolute Gasteiger partial charge is 0.438 e. The number of benzene rings is 3. The number of urea groups is 1. The van der Waals surface area contributed by atoms with Crippen LogP contribution in [0.5, 0.6) is 11.6 Å². The zero-order chi connectivity index (χ0) is 33.8. The predicted octanol–water partition coefficient (Wildman–Crippen LogP) is 7.11. The van der Waals surface area contributed by atoms with Crippen molar-refractivity contribution in [2.45, 2.75) is 25.1 Å².